The highest BCUT2D eigenvalue weighted by molar-refractivity contribution is 6.30. The smallest absolute Gasteiger partial charge is 0.416 e. The Balaban J connectivity index is 3.16. The van der Waals surface area contributed by atoms with Crippen molar-refractivity contribution in [3.8, 4) is 0 Å². The number of hydrogen-bond acceptors (Lipinski definition) is 2. The molecule has 7 heteroatoms. The van der Waals surface area contributed by atoms with Crippen molar-refractivity contribution in [2.75, 3.05) is 6.61 Å². The third kappa shape index (κ3) is 3.60. The van der Waals surface area contributed by atoms with Crippen molar-refractivity contribution in [3.05, 3.63) is 34.1 Å². The van der Waals surface area contributed by atoms with Crippen LogP contribution in [0.1, 0.15) is 18.1 Å². The zero-order valence-electron chi connectivity index (χ0n) is 9.28. The maximum atomic E-state index is 13.1. The molecule has 0 spiro atoms. The second-order valence-corrected chi connectivity index (χ2v) is 3.81. The molecule has 0 fully saturated rings. The van der Waals surface area contributed by atoms with Gasteiger partial charge in [-0.1, -0.05) is 11.6 Å². The van der Waals surface area contributed by atoms with Crippen molar-refractivity contribution >= 4 is 17.6 Å². The Morgan fingerprint density at radius 3 is 2.50 bits per heavy atom. The van der Waals surface area contributed by atoms with Crippen LogP contribution < -0.4 is 0 Å². The molecule has 100 valence electrons. The number of hydrogen-bond donors (Lipinski definition) is 0. The number of esters is 1. The van der Waals surface area contributed by atoms with E-state index in [0.717, 1.165) is 0 Å². The average Bonchev–Trinajstić information content (AvgIpc) is 2.21. The topological polar surface area (TPSA) is 26.3 Å². The first-order chi connectivity index (χ1) is 8.25. The summed E-state index contributed by atoms with van der Waals surface area (Å²) >= 11 is 5.30. The molecule has 0 aromatic heterocycles. The van der Waals surface area contributed by atoms with Crippen LogP contribution in [0.5, 0.6) is 0 Å². The summed E-state index contributed by atoms with van der Waals surface area (Å²) in [5.41, 5.74) is -1.63. The molecule has 2 nitrogen and oxygen atoms in total. The van der Waals surface area contributed by atoms with Crippen LogP contribution in [0.25, 0.3) is 0 Å². The third-order valence-corrected chi connectivity index (χ3v) is 2.38. The van der Waals surface area contributed by atoms with Gasteiger partial charge in [0.25, 0.3) is 0 Å². The lowest BCUT2D eigenvalue weighted by Gasteiger charge is -2.13. The van der Waals surface area contributed by atoms with E-state index in [2.05, 4.69) is 4.74 Å². The molecule has 0 aliphatic rings. The van der Waals surface area contributed by atoms with Crippen LogP contribution in [0, 0.1) is 5.82 Å². The van der Waals surface area contributed by atoms with Crippen molar-refractivity contribution in [1.29, 1.82) is 0 Å². The second-order valence-electron chi connectivity index (χ2n) is 3.40. The van der Waals surface area contributed by atoms with Gasteiger partial charge >= 0.3 is 12.1 Å². The highest BCUT2D eigenvalue weighted by Gasteiger charge is 2.34. The molecule has 18 heavy (non-hydrogen) atoms. The van der Waals surface area contributed by atoms with E-state index in [1.165, 1.54) is 6.92 Å². The zero-order chi connectivity index (χ0) is 13.9. The Hall–Kier alpha value is -1.30. The van der Waals surface area contributed by atoms with Gasteiger partial charge in [-0.25, -0.2) is 4.39 Å². The largest absolute Gasteiger partial charge is 0.466 e. The SMILES string of the molecule is CCOC(=O)Cc1cc(F)c(Cl)cc1C(F)(F)F. The summed E-state index contributed by atoms with van der Waals surface area (Å²) in [6.07, 6.45) is -5.37. The summed E-state index contributed by atoms with van der Waals surface area (Å²) in [5, 5.41) is -0.644. The normalized spacial score (nSPS) is 11.4. The summed E-state index contributed by atoms with van der Waals surface area (Å²) in [7, 11) is 0. The lowest BCUT2D eigenvalue weighted by molar-refractivity contribution is -0.143. The van der Waals surface area contributed by atoms with Gasteiger partial charge in [0.05, 0.1) is 23.6 Å². The van der Waals surface area contributed by atoms with Gasteiger partial charge in [-0.2, -0.15) is 13.2 Å². The molecule has 0 bridgehead atoms. The first-order valence-corrected chi connectivity index (χ1v) is 5.34. The monoisotopic (exact) mass is 284 g/mol. The Kier molecular flexibility index (Phi) is 4.56. The average molecular weight is 285 g/mol. The molecule has 0 aliphatic heterocycles. The predicted molar refractivity (Wildman–Crippen MR) is 56.7 cm³/mol. The minimum atomic E-state index is -4.71. The Labute approximate surface area is 105 Å². The molecule has 0 unspecified atom stereocenters. The van der Waals surface area contributed by atoms with Gasteiger partial charge in [0.1, 0.15) is 5.82 Å². The van der Waals surface area contributed by atoms with E-state index >= 15 is 0 Å². The molecule has 0 saturated carbocycles. The summed E-state index contributed by atoms with van der Waals surface area (Å²) in [4.78, 5) is 11.1. The third-order valence-electron chi connectivity index (χ3n) is 2.09. The van der Waals surface area contributed by atoms with E-state index in [4.69, 9.17) is 11.6 Å². The van der Waals surface area contributed by atoms with Crippen molar-refractivity contribution in [1.82, 2.24) is 0 Å². The van der Waals surface area contributed by atoms with Crippen molar-refractivity contribution < 1.29 is 27.1 Å². The standard InChI is InChI=1S/C11H9ClF4O2/c1-2-18-10(17)4-6-3-9(13)8(12)5-7(6)11(14,15)16/h3,5H,2,4H2,1H3. The molecule has 0 radical (unpaired) electrons. The van der Waals surface area contributed by atoms with Crippen LogP contribution in [-0.4, -0.2) is 12.6 Å². The molecule has 0 atom stereocenters. The molecule has 0 aliphatic carbocycles. The molecule has 1 aromatic carbocycles. The van der Waals surface area contributed by atoms with E-state index in [1.54, 1.807) is 0 Å². The number of rotatable bonds is 3. The Bertz CT molecular complexity index is 457. The number of ether oxygens (including phenoxy) is 1. The van der Waals surface area contributed by atoms with Crippen LogP contribution in [-0.2, 0) is 22.1 Å². The van der Waals surface area contributed by atoms with E-state index in [9.17, 15) is 22.4 Å². The molecule has 0 amide bonds. The summed E-state index contributed by atoms with van der Waals surface area (Å²) in [5.74, 6) is -1.87. The van der Waals surface area contributed by atoms with Gasteiger partial charge in [0, 0.05) is 0 Å². The number of carbonyl (C=O) groups excluding carboxylic acids is 1. The predicted octanol–water partition coefficient (Wildman–Crippen LogP) is 3.60. The van der Waals surface area contributed by atoms with E-state index in [-0.39, 0.29) is 6.61 Å². The summed E-state index contributed by atoms with van der Waals surface area (Å²) < 4.78 is 55.6. The van der Waals surface area contributed by atoms with Crippen molar-refractivity contribution in [3.63, 3.8) is 0 Å². The van der Waals surface area contributed by atoms with Gasteiger partial charge in [0.2, 0.25) is 0 Å². The Morgan fingerprint density at radius 2 is 2.00 bits per heavy atom. The minimum absolute atomic E-state index is 0.0380. The maximum absolute atomic E-state index is 13.1. The fraction of sp³-hybridized carbons (Fsp3) is 0.364. The first-order valence-electron chi connectivity index (χ1n) is 4.96. The van der Waals surface area contributed by atoms with Gasteiger partial charge in [0.15, 0.2) is 0 Å². The number of halogens is 5. The number of alkyl halides is 3. The molecular weight excluding hydrogens is 276 g/mol. The molecule has 0 heterocycles. The number of carbonyl (C=O) groups is 1. The lowest BCUT2D eigenvalue weighted by atomic mass is 10.0. The molecular formula is C11H9ClF4O2. The highest BCUT2D eigenvalue weighted by Crippen LogP contribution is 2.35. The summed E-state index contributed by atoms with van der Waals surface area (Å²) in [6, 6.07) is 1.06. The van der Waals surface area contributed by atoms with Crippen LogP contribution in [0.3, 0.4) is 0 Å². The highest BCUT2D eigenvalue weighted by atomic mass is 35.5. The van der Waals surface area contributed by atoms with Crippen LogP contribution >= 0.6 is 11.6 Å². The molecule has 1 rings (SSSR count). The van der Waals surface area contributed by atoms with Crippen LogP contribution in [0.4, 0.5) is 17.6 Å². The second kappa shape index (κ2) is 5.56. The minimum Gasteiger partial charge on any atom is -0.466 e. The summed E-state index contributed by atoms with van der Waals surface area (Å²) in [6.45, 7) is 1.56. The van der Waals surface area contributed by atoms with Gasteiger partial charge in [-0.3, -0.25) is 4.79 Å². The van der Waals surface area contributed by atoms with Gasteiger partial charge in [-0.15, -0.1) is 0 Å². The van der Waals surface area contributed by atoms with E-state index in [0.29, 0.717) is 12.1 Å². The van der Waals surface area contributed by atoms with Crippen molar-refractivity contribution in [2.45, 2.75) is 19.5 Å². The van der Waals surface area contributed by atoms with E-state index < -0.39 is 40.5 Å². The molecule has 0 saturated heterocycles. The zero-order valence-corrected chi connectivity index (χ0v) is 10.0. The van der Waals surface area contributed by atoms with Crippen LogP contribution in [0.2, 0.25) is 5.02 Å². The lowest BCUT2D eigenvalue weighted by Crippen LogP contribution is -2.15. The Morgan fingerprint density at radius 1 is 1.39 bits per heavy atom. The van der Waals surface area contributed by atoms with Gasteiger partial charge < -0.3 is 4.74 Å². The molecule has 1 aromatic rings. The van der Waals surface area contributed by atoms with Gasteiger partial charge in [-0.05, 0) is 24.6 Å². The van der Waals surface area contributed by atoms with E-state index in [1.807, 2.05) is 0 Å². The van der Waals surface area contributed by atoms with Crippen molar-refractivity contribution in [2.24, 2.45) is 0 Å². The first kappa shape index (κ1) is 14.8. The maximum Gasteiger partial charge on any atom is 0.416 e. The quantitative estimate of drug-likeness (QED) is 0.626. The van der Waals surface area contributed by atoms with Crippen LogP contribution in [0.15, 0.2) is 12.1 Å². The fourth-order valence-corrected chi connectivity index (χ4v) is 1.53. The number of benzene rings is 1. The molecule has 0 N–H and O–H groups in total. The fourth-order valence-electron chi connectivity index (χ4n) is 1.37.